The van der Waals surface area contributed by atoms with Crippen molar-refractivity contribution in [3.05, 3.63) is 92.7 Å². The molecule has 5 heteroatoms. The molecule has 2 heterocycles. The van der Waals surface area contributed by atoms with E-state index in [9.17, 15) is 5.11 Å². The van der Waals surface area contributed by atoms with Gasteiger partial charge in [0.25, 0.3) is 0 Å². The van der Waals surface area contributed by atoms with Crippen LogP contribution in [0, 0.1) is 6.92 Å². The summed E-state index contributed by atoms with van der Waals surface area (Å²) in [6.07, 6.45) is 2.96. The van der Waals surface area contributed by atoms with Crippen LogP contribution in [0.5, 0.6) is 5.75 Å². The minimum Gasteiger partial charge on any atom is -0.476 e. The molecule has 1 aliphatic carbocycles. The van der Waals surface area contributed by atoms with Gasteiger partial charge in [-0.05, 0) is 43.0 Å². The number of halogens is 2. The first-order valence-electron chi connectivity index (χ1n) is 9.34. The highest BCUT2D eigenvalue weighted by molar-refractivity contribution is 9.10. The zero-order valence-electron chi connectivity index (χ0n) is 15.3. The summed E-state index contributed by atoms with van der Waals surface area (Å²) in [4.78, 5) is 4.49. The van der Waals surface area contributed by atoms with E-state index in [0.29, 0.717) is 22.9 Å². The number of rotatable bonds is 2. The van der Waals surface area contributed by atoms with Gasteiger partial charge in [-0.1, -0.05) is 69.5 Å². The Balaban J connectivity index is 1.75. The molecule has 1 aromatic heterocycles. The molecule has 5 rings (SSSR count). The molecule has 0 spiro atoms. The molecule has 1 saturated carbocycles. The lowest BCUT2D eigenvalue weighted by Crippen LogP contribution is -2.48. The van der Waals surface area contributed by atoms with E-state index < -0.39 is 11.2 Å². The molecule has 1 N–H and O–H groups in total. The molecule has 3 unspecified atom stereocenters. The van der Waals surface area contributed by atoms with Gasteiger partial charge in [-0.2, -0.15) is 0 Å². The van der Waals surface area contributed by atoms with Crippen molar-refractivity contribution < 1.29 is 9.84 Å². The second-order valence-electron chi connectivity index (χ2n) is 7.71. The fraction of sp³-hybridized carbons (Fsp3) is 0.261. The van der Waals surface area contributed by atoms with Crippen LogP contribution in [0.1, 0.15) is 41.1 Å². The number of ether oxygens (including phenoxy) is 1. The lowest BCUT2D eigenvalue weighted by Gasteiger charge is -2.39. The molecule has 1 aliphatic heterocycles. The predicted molar refractivity (Wildman–Crippen MR) is 113 cm³/mol. The van der Waals surface area contributed by atoms with Gasteiger partial charge in [0.05, 0.1) is 5.02 Å². The SMILES string of the molecule is Cc1ccc(C2CCC3(O)c4ncc(Cl)cc4OC23c2ccc(Br)cc2)cc1. The number of aliphatic hydroxyl groups is 1. The maximum absolute atomic E-state index is 12.0. The van der Waals surface area contributed by atoms with Crippen molar-refractivity contribution in [2.75, 3.05) is 0 Å². The van der Waals surface area contributed by atoms with Gasteiger partial charge in [0.15, 0.2) is 11.2 Å². The van der Waals surface area contributed by atoms with Gasteiger partial charge in [0.1, 0.15) is 11.4 Å². The summed E-state index contributed by atoms with van der Waals surface area (Å²) in [5.74, 6) is 0.557. The van der Waals surface area contributed by atoms with Crippen LogP contribution < -0.4 is 4.74 Å². The van der Waals surface area contributed by atoms with Gasteiger partial charge < -0.3 is 9.84 Å². The largest absolute Gasteiger partial charge is 0.476 e. The van der Waals surface area contributed by atoms with Crippen LogP contribution in [0.3, 0.4) is 0 Å². The number of aromatic nitrogens is 1. The summed E-state index contributed by atoms with van der Waals surface area (Å²) in [5, 5.41) is 12.5. The molecule has 3 atom stereocenters. The quantitative estimate of drug-likeness (QED) is 0.525. The average molecular weight is 457 g/mol. The summed E-state index contributed by atoms with van der Waals surface area (Å²) in [6.45, 7) is 2.08. The fourth-order valence-electron chi connectivity index (χ4n) is 4.86. The number of hydrogen-bond donors (Lipinski definition) is 1. The first kappa shape index (κ1) is 18.2. The minimum absolute atomic E-state index is 0.00717. The van der Waals surface area contributed by atoms with E-state index in [1.165, 1.54) is 5.56 Å². The van der Waals surface area contributed by atoms with Crippen molar-refractivity contribution in [1.29, 1.82) is 0 Å². The van der Waals surface area contributed by atoms with Crippen molar-refractivity contribution >= 4 is 27.5 Å². The maximum Gasteiger partial charge on any atom is 0.175 e. The van der Waals surface area contributed by atoms with Crippen molar-refractivity contribution in [2.45, 2.75) is 36.9 Å². The number of nitrogens with zero attached hydrogens (tertiary/aromatic N) is 1. The zero-order chi connectivity index (χ0) is 19.5. The van der Waals surface area contributed by atoms with Gasteiger partial charge in [0.2, 0.25) is 0 Å². The van der Waals surface area contributed by atoms with Crippen LogP contribution >= 0.6 is 27.5 Å². The molecule has 3 nitrogen and oxygen atoms in total. The number of benzene rings is 2. The molecule has 3 aromatic rings. The number of fused-ring (bicyclic) bond motifs is 3. The topological polar surface area (TPSA) is 42.4 Å². The van der Waals surface area contributed by atoms with Crippen LogP contribution in [0.25, 0.3) is 0 Å². The van der Waals surface area contributed by atoms with Crippen molar-refractivity contribution in [3.63, 3.8) is 0 Å². The normalized spacial score (nSPS) is 27.9. The summed E-state index contributed by atoms with van der Waals surface area (Å²) < 4.78 is 7.60. The summed E-state index contributed by atoms with van der Waals surface area (Å²) in [7, 11) is 0. The van der Waals surface area contributed by atoms with Crippen LogP contribution in [0.15, 0.2) is 65.3 Å². The van der Waals surface area contributed by atoms with E-state index in [1.807, 2.05) is 24.3 Å². The van der Waals surface area contributed by atoms with E-state index in [-0.39, 0.29) is 5.92 Å². The zero-order valence-corrected chi connectivity index (χ0v) is 17.7. The van der Waals surface area contributed by atoms with Crippen LogP contribution in [0.4, 0.5) is 0 Å². The van der Waals surface area contributed by atoms with Gasteiger partial charge in [0, 0.05) is 22.7 Å². The first-order chi connectivity index (χ1) is 13.4. The number of hydrogen-bond acceptors (Lipinski definition) is 3. The highest BCUT2D eigenvalue weighted by Crippen LogP contribution is 2.66. The molecule has 28 heavy (non-hydrogen) atoms. The maximum atomic E-state index is 12.0. The highest BCUT2D eigenvalue weighted by Gasteiger charge is 2.69. The Morgan fingerprint density at radius 3 is 2.57 bits per heavy atom. The molecular weight excluding hydrogens is 438 g/mol. The van der Waals surface area contributed by atoms with E-state index in [1.54, 1.807) is 12.3 Å². The second kappa shape index (κ2) is 6.31. The molecule has 1 fully saturated rings. The third-order valence-electron chi connectivity index (χ3n) is 6.13. The lowest BCUT2D eigenvalue weighted by molar-refractivity contribution is -0.107. The molecule has 2 aliphatic rings. The molecule has 0 amide bonds. The number of aryl methyl sites for hydroxylation is 1. The Labute approximate surface area is 177 Å². The van der Waals surface area contributed by atoms with E-state index in [2.05, 4.69) is 52.1 Å². The van der Waals surface area contributed by atoms with Gasteiger partial charge >= 0.3 is 0 Å². The molecule has 2 aromatic carbocycles. The van der Waals surface area contributed by atoms with Crippen molar-refractivity contribution in [3.8, 4) is 5.75 Å². The smallest absolute Gasteiger partial charge is 0.175 e. The van der Waals surface area contributed by atoms with Crippen LogP contribution in [-0.4, -0.2) is 10.1 Å². The molecule has 0 bridgehead atoms. The van der Waals surface area contributed by atoms with Crippen molar-refractivity contribution in [1.82, 2.24) is 4.98 Å². The Kier molecular flexibility index (Phi) is 4.10. The van der Waals surface area contributed by atoms with Gasteiger partial charge in [-0.3, -0.25) is 4.98 Å². The molecule has 0 radical (unpaired) electrons. The first-order valence-corrected chi connectivity index (χ1v) is 10.5. The number of pyridine rings is 1. The standard InChI is InChI=1S/C23H19BrClNO2/c1-14-2-4-15(5-3-14)19-10-11-22(27)21-20(12-18(25)13-26-21)28-23(19,22)16-6-8-17(24)9-7-16/h2-9,12-13,19,27H,10-11H2,1H3. The molecular formula is C23H19BrClNO2. The van der Waals surface area contributed by atoms with Gasteiger partial charge in [-0.25, -0.2) is 0 Å². The molecule has 142 valence electrons. The van der Waals surface area contributed by atoms with Crippen LogP contribution in [-0.2, 0) is 11.2 Å². The van der Waals surface area contributed by atoms with E-state index in [0.717, 1.165) is 22.0 Å². The molecule has 0 saturated heterocycles. The summed E-state index contributed by atoms with van der Waals surface area (Å²) >= 11 is 9.69. The van der Waals surface area contributed by atoms with Gasteiger partial charge in [-0.15, -0.1) is 0 Å². The Morgan fingerprint density at radius 1 is 1.14 bits per heavy atom. The summed E-state index contributed by atoms with van der Waals surface area (Å²) in [5.41, 5.74) is 1.73. The second-order valence-corrected chi connectivity index (χ2v) is 9.06. The van der Waals surface area contributed by atoms with Crippen molar-refractivity contribution in [2.24, 2.45) is 0 Å². The fourth-order valence-corrected chi connectivity index (χ4v) is 5.27. The Bertz CT molecular complexity index is 1050. The van der Waals surface area contributed by atoms with E-state index >= 15 is 0 Å². The lowest BCUT2D eigenvalue weighted by atomic mass is 9.73. The third kappa shape index (κ3) is 2.41. The highest BCUT2D eigenvalue weighted by atomic mass is 79.9. The monoisotopic (exact) mass is 455 g/mol. The Morgan fingerprint density at radius 2 is 1.86 bits per heavy atom. The predicted octanol–water partition coefficient (Wildman–Crippen LogP) is 5.86. The minimum atomic E-state index is -1.21. The average Bonchev–Trinajstić information content (AvgIpc) is 3.10. The Hall–Kier alpha value is -1.88. The van der Waals surface area contributed by atoms with Crippen LogP contribution in [0.2, 0.25) is 5.02 Å². The summed E-state index contributed by atoms with van der Waals surface area (Å²) in [6, 6.07) is 18.3. The third-order valence-corrected chi connectivity index (χ3v) is 6.87. The van der Waals surface area contributed by atoms with E-state index in [4.69, 9.17) is 16.3 Å².